The number of rotatable bonds is 10. The van der Waals surface area contributed by atoms with Crippen LogP contribution in [-0.2, 0) is 11.8 Å². The number of aromatic nitrogens is 2. The summed E-state index contributed by atoms with van der Waals surface area (Å²) in [6.45, 7) is 5.25. The van der Waals surface area contributed by atoms with Gasteiger partial charge in [-0.2, -0.15) is 0 Å². The second-order valence-electron chi connectivity index (χ2n) is 18.4. The molecule has 11 aromatic rings. The van der Waals surface area contributed by atoms with Crippen LogP contribution in [0.3, 0.4) is 0 Å². The van der Waals surface area contributed by atoms with Gasteiger partial charge in [-0.15, -0.1) is 0 Å². The van der Waals surface area contributed by atoms with Gasteiger partial charge in [0, 0.05) is 39.2 Å². The second kappa shape index (κ2) is 17.1. The lowest BCUT2D eigenvalue weighted by Crippen LogP contribution is -2.25. The topological polar surface area (TPSA) is 24.3 Å². The lowest BCUT2D eigenvalue weighted by Gasteiger charge is -2.27. The molecular formula is C64H50N4. The SMILES string of the molecule is CC(C)(c1ccccc1)c1ccnc(-n2c3ccccc3c3ccc(Cc4cc(-c5ccccc5)cc(N5CN(c6c(-c7ccccc7)cccc6-c6ccccc6)c6ccccc65)c4)cc32)c1. The molecule has 0 radical (unpaired) electrons. The van der Waals surface area contributed by atoms with E-state index >= 15 is 0 Å². The van der Waals surface area contributed by atoms with Crippen molar-refractivity contribution in [3.8, 4) is 39.2 Å². The Bertz CT molecular complexity index is 3540. The van der Waals surface area contributed by atoms with Gasteiger partial charge in [0.2, 0.25) is 0 Å². The molecule has 0 fully saturated rings. The molecule has 9 aromatic carbocycles. The molecule has 0 N–H and O–H groups in total. The van der Waals surface area contributed by atoms with Crippen LogP contribution in [0.4, 0.5) is 22.7 Å². The van der Waals surface area contributed by atoms with E-state index in [4.69, 9.17) is 4.98 Å². The molecule has 0 spiro atoms. The molecule has 0 saturated carbocycles. The fourth-order valence-electron chi connectivity index (χ4n) is 10.5. The summed E-state index contributed by atoms with van der Waals surface area (Å²) in [5.41, 5.74) is 19.0. The lowest BCUT2D eigenvalue weighted by atomic mass is 9.78. The van der Waals surface area contributed by atoms with E-state index in [1.54, 1.807) is 0 Å². The summed E-state index contributed by atoms with van der Waals surface area (Å²) in [6, 6.07) is 86.1. The fraction of sp³-hybridized carbons (Fsp3) is 0.0781. The summed E-state index contributed by atoms with van der Waals surface area (Å²) in [5.74, 6) is 0.921. The Balaban J connectivity index is 0.972. The third-order valence-electron chi connectivity index (χ3n) is 14.0. The Morgan fingerprint density at radius 2 is 1.01 bits per heavy atom. The van der Waals surface area contributed by atoms with Gasteiger partial charge in [0.05, 0.1) is 28.1 Å². The summed E-state index contributed by atoms with van der Waals surface area (Å²) in [4.78, 5) is 10.1. The summed E-state index contributed by atoms with van der Waals surface area (Å²) in [6.07, 6.45) is 2.73. The summed E-state index contributed by atoms with van der Waals surface area (Å²) in [5, 5.41) is 2.44. The van der Waals surface area contributed by atoms with Gasteiger partial charge in [-0.1, -0.05) is 202 Å². The Hall–Kier alpha value is -8.47. The van der Waals surface area contributed by atoms with Crippen LogP contribution in [0.15, 0.2) is 243 Å². The van der Waals surface area contributed by atoms with E-state index in [1.807, 2.05) is 6.20 Å². The second-order valence-corrected chi connectivity index (χ2v) is 18.4. The summed E-state index contributed by atoms with van der Waals surface area (Å²) >= 11 is 0. The largest absolute Gasteiger partial charge is 0.321 e. The zero-order chi connectivity index (χ0) is 45.6. The normalized spacial score (nSPS) is 12.5. The Morgan fingerprint density at radius 3 is 1.71 bits per heavy atom. The maximum Gasteiger partial charge on any atom is 0.137 e. The Labute approximate surface area is 398 Å². The fourth-order valence-corrected chi connectivity index (χ4v) is 10.5. The van der Waals surface area contributed by atoms with Gasteiger partial charge in [-0.25, -0.2) is 4.98 Å². The zero-order valence-corrected chi connectivity index (χ0v) is 38.3. The van der Waals surface area contributed by atoms with Crippen molar-refractivity contribution < 1.29 is 0 Å². The molecule has 0 bridgehead atoms. The van der Waals surface area contributed by atoms with E-state index in [1.165, 1.54) is 83.5 Å². The van der Waals surface area contributed by atoms with Crippen molar-refractivity contribution in [3.05, 3.63) is 265 Å². The van der Waals surface area contributed by atoms with Crippen LogP contribution in [0.5, 0.6) is 0 Å². The van der Waals surface area contributed by atoms with Gasteiger partial charge in [0.15, 0.2) is 0 Å². The van der Waals surface area contributed by atoms with Gasteiger partial charge < -0.3 is 9.80 Å². The first-order valence-electron chi connectivity index (χ1n) is 23.6. The standard InChI is InChI=1S/C64H50N4/c1-64(2,51-26-13-6-14-27-51)52-36-37-65-62(43-52)68-58-31-16-15-28-56(58)57-35-34-45(41-61(57)68)38-46-39-50(47-20-7-3-8-21-47)42-53(40-46)66-44-67(60-33-18-17-32-59(60)66)63-54(48-22-9-4-10-23-48)29-19-30-55(63)49-24-11-5-12-25-49/h3-37,39-43H,38,44H2,1-2H3. The number of pyridine rings is 1. The van der Waals surface area contributed by atoms with Crippen LogP contribution in [0.25, 0.3) is 61.0 Å². The molecule has 1 aliphatic rings. The molecule has 2 aromatic heterocycles. The molecule has 12 rings (SSSR count). The van der Waals surface area contributed by atoms with Crippen LogP contribution in [0, 0.1) is 0 Å². The quantitative estimate of drug-likeness (QED) is 0.137. The smallest absolute Gasteiger partial charge is 0.137 e. The van der Waals surface area contributed by atoms with Crippen molar-refractivity contribution in [1.29, 1.82) is 0 Å². The minimum atomic E-state index is -0.202. The molecule has 0 aliphatic carbocycles. The lowest BCUT2D eigenvalue weighted by molar-refractivity contribution is 0.639. The molecule has 0 amide bonds. The Kier molecular flexibility index (Phi) is 10.3. The number of fused-ring (bicyclic) bond motifs is 4. The van der Waals surface area contributed by atoms with E-state index in [2.05, 4.69) is 265 Å². The third-order valence-corrected chi connectivity index (χ3v) is 14.0. The van der Waals surface area contributed by atoms with E-state index in [9.17, 15) is 0 Å². The van der Waals surface area contributed by atoms with Gasteiger partial charge >= 0.3 is 0 Å². The van der Waals surface area contributed by atoms with Crippen molar-refractivity contribution in [1.82, 2.24) is 9.55 Å². The van der Waals surface area contributed by atoms with Crippen LogP contribution >= 0.6 is 0 Å². The molecule has 326 valence electrons. The number of hydrogen-bond donors (Lipinski definition) is 0. The third kappa shape index (κ3) is 7.32. The van der Waals surface area contributed by atoms with Crippen LogP contribution in [-0.4, -0.2) is 16.2 Å². The molecule has 3 heterocycles. The highest BCUT2D eigenvalue weighted by Crippen LogP contribution is 2.50. The first kappa shape index (κ1) is 41.0. The average Bonchev–Trinajstić information content (AvgIpc) is 3.95. The molecular weight excluding hydrogens is 825 g/mol. The minimum Gasteiger partial charge on any atom is -0.321 e. The highest BCUT2D eigenvalue weighted by Gasteiger charge is 2.32. The van der Waals surface area contributed by atoms with E-state index in [-0.39, 0.29) is 5.41 Å². The van der Waals surface area contributed by atoms with Gasteiger partial charge in [-0.3, -0.25) is 4.57 Å². The van der Waals surface area contributed by atoms with Gasteiger partial charge in [0.25, 0.3) is 0 Å². The Morgan fingerprint density at radius 1 is 0.426 bits per heavy atom. The summed E-state index contributed by atoms with van der Waals surface area (Å²) < 4.78 is 2.36. The predicted molar refractivity (Wildman–Crippen MR) is 285 cm³/mol. The first-order valence-corrected chi connectivity index (χ1v) is 23.6. The first-order chi connectivity index (χ1) is 33.5. The molecule has 4 heteroatoms. The number of para-hydroxylation sites is 4. The molecule has 0 atom stereocenters. The van der Waals surface area contributed by atoms with Crippen LogP contribution < -0.4 is 9.80 Å². The zero-order valence-electron chi connectivity index (χ0n) is 38.3. The van der Waals surface area contributed by atoms with Crippen molar-refractivity contribution in [2.24, 2.45) is 0 Å². The predicted octanol–water partition coefficient (Wildman–Crippen LogP) is 16.3. The monoisotopic (exact) mass is 874 g/mol. The van der Waals surface area contributed by atoms with Crippen LogP contribution in [0.1, 0.15) is 36.1 Å². The number of nitrogens with zero attached hydrogens (tertiary/aromatic N) is 4. The average molecular weight is 875 g/mol. The molecule has 0 unspecified atom stereocenters. The van der Waals surface area contributed by atoms with Gasteiger partial charge in [-0.05, 0) is 99.5 Å². The highest BCUT2D eigenvalue weighted by molar-refractivity contribution is 6.09. The van der Waals surface area contributed by atoms with E-state index in [0.29, 0.717) is 6.67 Å². The number of anilines is 4. The highest BCUT2D eigenvalue weighted by atomic mass is 15.4. The molecule has 0 saturated heterocycles. The molecule has 4 nitrogen and oxygen atoms in total. The van der Waals surface area contributed by atoms with Crippen molar-refractivity contribution >= 4 is 44.6 Å². The van der Waals surface area contributed by atoms with E-state index < -0.39 is 0 Å². The van der Waals surface area contributed by atoms with Crippen LogP contribution in [0.2, 0.25) is 0 Å². The van der Waals surface area contributed by atoms with E-state index in [0.717, 1.165) is 29.0 Å². The number of benzene rings is 9. The minimum absolute atomic E-state index is 0.202. The molecule has 1 aliphatic heterocycles. The van der Waals surface area contributed by atoms with Crippen molar-refractivity contribution in [2.75, 3.05) is 16.5 Å². The summed E-state index contributed by atoms with van der Waals surface area (Å²) in [7, 11) is 0. The molecule has 68 heavy (non-hydrogen) atoms. The van der Waals surface area contributed by atoms with Crippen molar-refractivity contribution in [2.45, 2.75) is 25.7 Å². The maximum absolute atomic E-state index is 5.05. The van der Waals surface area contributed by atoms with Crippen molar-refractivity contribution in [3.63, 3.8) is 0 Å². The maximum atomic E-state index is 5.05. The number of hydrogen-bond acceptors (Lipinski definition) is 3. The van der Waals surface area contributed by atoms with Gasteiger partial charge in [0.1, 0.15) is 12.5 Å².